The Hall–Kier alpha value is -1.95. The highest BCUT2D eigenvalue weighted by Gasteiger charge is 2.40. The lowest BCUT2D eigenvalue weighted by molar-refractivity contribution is -0.129. The third-order valence-corrected chi connectivity index (χ3v) is 3.32. The quantitative estimate of drug-likeness (QED) is 0.811. The summed E-state index contributed by atoms with van der Waals surface area (Å²) in [6, 6.07) is 3.34. The summed E-state index contributed by atoms with van der Waals surface area (Å²) in [5.74, 6) is -0.919. The van der Waals surface area contributed by atoms with Crippen molar-refractivity contribution >= 4 is 11.8 Å². The molecule has 2 amide bonds. The summed E-state index contributed by atoms with van der Waals surface area (Å²) < 4.78 is 5.28. The minimum Gasteiger partial charge on any atom is -0.378 e. The number of nitrogens with zero attached hydrogens (tertiary/aromatic N) is 1. The number of rotatable bonds is 3. The molecule has 1 aromatic heterocycles. The lowest BCUT2D eigenvalue weighted by Gasteiger charge is -2.34. The Balaban J connectivity index is 2.20. The van der Waals surface area contributed by atoms with E-state index in [1.165, 1.54) is 0 Å². The van der Waals surface area contributed by atoms with Gasteiger partial charge < -0.3 is 15.8 Å². The smallest absolute Gasteiger partial charge is 0.254 e. The van der Waals surface area contributed by atoms with E-state index in [1.807, 2.05) is 0 Å². The maximum atomic E-state index is 12.2. The van der Waals surface area contributed by atoms with E-state index in [9.17, 15) is 9.59 Å². The second-order valence-corrected chi connectivity index (χ2v) is 4.69. The summed E-state index contributed by atoms with van der Waals surface area (Å²) in [4.78, 5) is 27.9. The van der Waals surface area contributed by atoms with Crippen LogP contribution >= 0.6 is 0 Å². The molecule has 0 aliphatic carbocycles. The molecule has 19 heavy (non-hydrogen) atoms. The molecule has 102 valence electrons. The minimum atomic E-state index is -1.11. The summed E-state index contributed by atoms with van der Waals surface area (Å²) in [6.45, 7) is 2.44. The zero-order valence-electron chi connectivity index (χ0n) is 10.8. The Morgan fingerprint density at radius 3 is 2.89 bits per heavy atom. The first-order valence-corrected chi connectivity index (χ1v) is 6.17. The molecule has 0 saturated carbocycles. The van der Waals surface area contributed by atoms with Crippen molar-refractivity contribution < 1.29 is 14.3 Å². The highest BCUT2D eigenvalue weighted by molar-refractivity contribution is 5.99. The van der Waals surface area contributed by atoms with E-state index in [1.54, 1.807) is 25.3 Å². The highest BCUT2D eigenvalue weighted by atomic mass is 16.5. The van der Waals surface area contributed by atoms with Crippen molar-refractivity contribution in [2.45, 2.75) is 25.3 Å². The van der Waals surface area contributed by atoms with Gasteiger partial charge in [0, 0.05) is 18.5 Å². The highest BCUT2D eigenvalue weighted by Crippen LogP contribution is 2.20. The molecule has 1 fully saturated rings. The average Bonchev–Trinajstić information content (AvgIpc) is 2.40. The Morgan fingerprint density at radius 1 is 1.53 bits per heavy atom. The van der Waals surface area contributed by atoms with E-state index in [4.69, 9.17) is 10.5 Å². The lowest BCUT2D eigenvalue weighted by atomic mass is 9.91. The van der Waals surface area contributed by atoms with Crippen molar-refractivity contribution in [2.24, 2.45) is 5.73 Å². The number of pyridine rings is 1. The molecule has 0 bridgehead atoms. The third-order valence-electron chi connectivity index (χ3n) is 3.32. The zero-order valence-corrected chi connectivity index (χ0v) is 10.8. The number of ether oxygens (including phenoxy) is 1. The molecule has 0 radical (unpaired) electrons. The van der Waals surface area contributed by atoms with Gasteiger partial charge in [0.15, 0.2) is 0 Å². The fourth-order valence-corrected chi connectivity index (χ4v) is 2.16. The van der Waals surface area contributed by atoms with Crippen LogP contribution in [0.5, 0.6) is 0 Å². The van der Waals surface area contributed by atoms with E-state index in [0.717, 1.165) is 0 Å². The number of aryl methyl sites for hydroxylation is 1. The van der Waals surface area contributed by atoms with Crippen molar-refractivity contribution in [3.8, 4) is 0 Å². The Labute approximate surface area is 111 Å². The number of carbonyl (C=O) groups is 2. The van der Waals surface area contributed by atoms with E-state index >= 15 is 0 Å². The number of aromatic nitrogens is 1. The van der Waals surface area contributed by atoms with Crippen molar-refractivity contribution in [1.29, 1.82) is 0 Å². The van der Waals surface area contributed by atoms with Crippen molar-refractivity contribution in [1.82, 2.24) is 10.3 Å². The van der Waals surface area contributed by atoms with Crippen LogP contribution in [-0.2, 0) is 9.53 Å². The van der Waals surface area contributed by atoms with E-state index in [2.05, 4.69) is 10.3 Å². The van der Waals surface area contributed by atoms with Gasteiger partial charge in [0.25, 0.3) is 5.91 Å². The maximum Gasteiger partial charge on any atom is 0.254 e. The number of nitrogens with one attached hydrogen (secondary N) is 1. The molecule has 1 aliphatic heterocycles. The standard InChI is InChI=1S/C13H17N3O3/c1-9-10(4-2-6-15-9)11(17)16-13(12(14)18)5-3-7-19-8-13/h2,4,6H,3,5,7-8H2,1H3,(H2,14,18)(H,16,17). The van der Waals surface area contributed by atoms with Crippen LogP contribution in [0.4, 0.5) is 0 Å². The van der Waals surface area contributed by atoms with E-state index < -0.39 is 11.4 Å². The molecule has 0 aromatic carbocycles. The van der Waals surface area contributed by atoms with E-state index in [-0.39, 0.29) is 12.5 Å². The van der Waals surface area contributed by atoms with Crippen LogP contribution in [0.1, 0.15) is 28.9 Å². The molecule has 6 nitrogen and oxygen atoms in total. The summed E-state index contributed by atoms with van der Waals surface area (Å²) in [5.41, 5.74) is 5.35. The molecular formula is C13H17N3O3. The van der Waals surface area contributed by atoms with Gasteiger partial charge in [0.05, 0.1) is 12.2 Å². The number of primary amides is 1. The number of hydrogen-bond acceptors (Lipinski definition) is 4. The molecule has 1 saturated heterocycles. The molecule has 0 spiro atoms. The van der Waals surface area contributed by atoms with Crippen LogP contribution in [0.25, 0.3) is 0 Å². The fourth-order valence-electron chi connectivity index (χ4n) is 2.16. The van der Waals surface area contributed by atoms with Gasteiger partial charge in [0.2, 0.25) is 5.91 Å². The van der Waals surface area contributed by atoms with Gasteiger partial charge in [-0.25, -0.2) is 0 Å². The Kier molecular flexibility index (Phi) is 3.80. The van der Waals surface area contributed by atoms with Gasteiger partial charge in [-0.2, -0.15) is 0 Å². The molecule has 1 aromatic rings. The summed E-state index contributed by atoms with van der Waals surface area (Å²) in [7, 11) is 0. The van der Waals surface area contributed by atoms with Crippen molar-refractivity contribution in [3.05, 3.63) is 29.6 Å². The van der Waals surface area contributed by atoms with Gasteiger partial charge in [-0.1, -0.05) is 0 Å². The largest absolute Gasteiger partial charge is 0.378 e. The summed E-state index contributed by atoms with van der Waals surface area (Å²) in [6.07, 6.45) is 2.79. The zero-order chi connectivity index (χ0) is 13.9. The summed E-state index contributed by atoms with van der Waals surface area (Å²) >= 11 is 0. The predicted octanol–water partition coefficient (Wildman–Crippen LogP) is 0.154. The molecule has 3 N–H and O–H groups in total. The second kappa shape index (κ2) is 5.36. The first kappa shape index (κ1) is 13.5. The summed E-state index contributed by atoms with van der Waals surface area (Å²) in [5, 5.41) is 2.71. The molecule has 2 heterocycles. The van der Waals surface area contributed by atoms with E-state index in [0.29, 0.717) is 30.7 Å². The average molecular weight is 263 g/mol. The molecular weight excluding hydrogens is 246 g/mol. The number of hydrogen-bond donors (Lipinski definition) is 2. The van der Waals surface area contributed by atoms with Gasteiger partial charge in [-0.15, -0.1) is 0 Å². The van der Waals surface area contributed by atoms with Crippen molar-refractivity contribution in [3.63, 3.8) is 0 Å². The van der Waals surface area contributed by atoms with Crippen LogP contribution in [0.15, 0.2) is 18.3 Å². The SMILES string of the molecule is Cc1ncccc1C(=O)NC1(C(N)=O)CCCOC1. The number of nitrogens with two attached hydrogens (primary N) is 1. The maximum absolute atomic E-state index is 12.2. The van der Waals surface area contributed by atoms with Crippen molar-refractivity contribution in [2.75, 3.05) is 13.2 Å². The van der Waals surface area contributed by atoms with Crippen LogP contribution in [0, 0.1) is 6.92 Å². The first-order valence-electron chi connectivity index (χ1n) is 6.17. The second-order valence-electron chi connectivity index (χ2n) is 4.69. The number of amides is 2. The minimum absolute atomic E-state index is 0.118. The first-order chi connectivity index (χ1) is 9.05. The molecule has 1 unspecified atom stereocenters. The normalized spacial score (nSPS) is 22.8. The topological polar surface area (TPSA) is 94.3 Å². The van der Waals surface area contributed by atoms with Gasteiger partial charge in [0.1, 0.15) is 5.54 Å². The third kappa shape index (κ3) is 2.73. The predicted molar refractivity (Wildman–Crippen MR) is 68.4 cm³/mol. The van der Waals surface area contributed by atoms with Crippen LogP contribution in [-0.4, -0.2) is 35.6 Å². The monoisotopic (exact) mass is 263 g/mol. The van der Waals surface area contributed by atoms with Gasteiger partial charge >= 0.3 is 0 Å². The molecule has 2 rings (SSSR count). The van der Waals surface area contributed by atoms with Gasteiger partial charge in [-0.3, -0.25) is 14.6 Å². The lowest BCUT2D eigenvalue weighted by Crippen LogP contribution is -2.62. The Morgan fingerprint density at radius 2 is 2.32 bits per heavy atom. The fraction of sp³-hybridized carbons (Fsp3) is 0.462. The Bertz CT molecular complexity index is 496. The molecule has 1 atom stereocenters. The van der Waals surface area contributed by atoms with Gasteiger partial charge in [-0.05, 0) is 31.9 Å². The van der Waals surface area contributed by atoms with Crippen LogP contribution in [0.3, 0.4) is 0 Å². The molecule has 6 heteroatoms. The van der Waals surface area contributed by atoms with Crippen LogP contribution in [0.2, 0.25) is 0 Å². The van der Waals surface area contributed by atoms with Crippen LogP contribution < -0.4 is 11.1 Å². The molecule has 1 aliphatic rings. The number of carbonyl (C=O) groups excluding carboxylic acids is 2.